The molecule has 136 valence electrons. The third-order valence-electron chi connectivity index (χ3n) is 2.97. The lowest BCUT2D eigenvalue weighted by Crippen LogP contribution is -2.31. The molecule has 0 saturated heterocycles. The maximum atomic E-state index is 11.8. The number of carbonyl (C=O) groups excluding carboxylic acids is 4. The molecule has 9 heteroatoms. The van der Waals surface area contributed by atoms with E-state index in [9.17, 15) is 19.2 Å². The summed E-state index contributed by atoms with van der Waals surface area (Å²) in [6.07, 6.45) is 0. The Kier molecular flexibility index (Phi) is 6.86. The maximum absolute atomic E-state index is 11.8. The fourth-order valence-electron chi connectivity index (χ4n) is 1.92. The zero-order valence-corrected chi connectivity index (χ0v) is 14.7. The number of hydrogen-bond acceptors (Lipinski definition) is 6. The first-order valence-corrected chi connectivity index (χ1v) is 8.47. The van der Waals surface area contributed by atoms with Gasteiger partial charge in [0.05, 0.1) is 4.88 Å². The number of esters is 1. The van der Waals surface area contributed by atoms with Crippen LogP contribution in [0.1, 0.15) is 16.6 Å². The second kappa shape index (κ2) is 9.33. The van der Waals surface area contributed by atoms with Crippen molar-refractivity contribution in [1.82, 2.24) is 5.32 Å². The summed E-state index contributed by atoms with van der Waals surface area (Å²) in [5, 5.41) is 9.30. The van der Waals surface area contributed by atoms with Crippen LogP contribution in [0.3, 0.4) is 0 Å². The van der Waals surface area contributed by atoms with Crippen LogP contribution in [0.2, 0.25) is 0 Å². The molecule has 0 aliphatic rings. The first-order chi connectivity index (χ1) is 12.4. The Morgan fingerprint density at radius 2 is 1.77 bits per heavy atom. The number of thiophene rings is 1. The molecule has 0 fully saturated rings. The van der Waals surface area contributed by atoms with Gasteiger partial charge in [0.2, 0.25) is 5.91 Å². The third kappa shape index (κ3) is 6.36. The normalized spacial score (nSPS) is 9.88. The fourth-order valence-corrected chi connectivity index (χ4v) is 2.56. The highest BCUT2D eigenvalue weighted by Crippen LogP contribution is 2.14. The van der Waals surface area contributed by atoms with Crippen LogP contribution in [0.25, 0.3) is 0 Å². The van der Waals surface area contributed by atoms with Gasteiger partial charge in [-0.3, -0.25) is 19.2 Å². The van der Waals surface area contributed by atoms with Crippen molar-refractivity contribution in [3.8, 4) is 0 Å². The number of benzene rings is 1. The highest BCUT2D eigenvalue weighted by atomic mass is 32.1. The van der Waals surface area contributed by atoms with Crippen LogP contribution in [0.5, 0.6) is 0 Å². The number of nitrogens with one attached hydrogen (secondary N) is 3. The topological polar surface area (TPSA) is 114 Å². The van der Waals surface area contributed by atoms with E-state index in [1.165, 1.54) is 18.3 Å². The Balaban J connectivity index is 1.73. The maximum Gasteiger partial charge on any atom is 0.325 e. The average Bonchev–Trinajstić information content (AvgIpc) is 3.12. The highest BCUT2D eigenvalue weighted by molar-refractivity contribution is 7.12. The van der Waals surface area contributed by atoms with Gasteiger partial charge in [0.15, 0.2) is 6.61 Å². The fraction of sp³-hybridized carbons (Fsp3) is 0.176. The highest BCUT2D eigenvalue weighted by Gasteiger charge is 2.11. The van der Waals surface area contributed by atoms with Crippen LogP contribution in [0.15, 0.2) is 41.8 Å². The first kappa shape index (κ1) is 19.1. The van der Waals surface area contributed by atoms with Crippen molar-refractivity contribution in [3.63, 3.8) is 0 Å². The minimum absolute atomic E-state index is 0.230. The van der Waals surface area contributed by atoms with Crippen LogP contribution in [-0.4, -0.2) is 36.8 Å². The number of anilines is 2. The number of carbonyl (C=O) groups is 4. The molecule has 0 spiro atoms. The van der Waals surface area contributed by atoms with E-state index < -0.39 is 18.5 Å². The molecule has 0 bridgehead atoms. The summed E-state index contributed by atoms with van der Waals surface area (Å²) in [6.45, 7) is 0.558. The molecule has 3 N–H and O–H groups in total. The molecule has 1 aromatic heterocycles. The number of ether oxygens (including phenoxy) is 1. The van der Waals surface area contributed by atoms with E-state index in [4.69, 9.17) is 4.74 Å². The lowest BCUT2D eigenvalue weighted by molar-refractivity contribution is -0.146. The van der Waals surface area contributed by atoms with Crippen molar-refractivity contribution in [1.29, 1.82) is 0 Å². The molecule has 2 rings (SSSR count). The summed E-state index contributed by atoms with van der Waals surface area (Å²) in [5.74, 6) is -1.87. The van der Waals surface area contributed by atoms with E-state index >= 15 is 0 Å². The van der Waals surface area contributed by atoms with Gasteiger partial charge in [0.1, 0.15) is 6.54 Å². The average molecular weight is 375 g/mol. The molecule has 3 amide bonds. The minimum Gasteiger partial charge on any atom is -0.454 e. The lowest BCUT2D eigenvalue weighted by atomic mass is 10.2. The first-order valence-electron chi connectivity index (χ1n) is 7.59. The van der Waals surface area contributed by atoms with E-state index in [2.05, 4.69) is 16.0 Å². The van der Waals surface area contributed by atoms with Gasteiger partial charge in [-0.1, -0.05) is 12.1 Å². The molecule has 0 unspecified atom stereocenters. The number of hydrogen-bond donors (Lipinski definition) is 3. The second-order valence-electron chi connectivity index (χ2n) is 5.13. The van der Waals surface area contributed by atoms with E-state index in [1.54, 1.807) is 41.8 Å². The molecule has 26 heavy (non-hydrogen) atoms. The summed E-state index contributed by atoms with van der Waals surface area (Å²) in [4.78, 5) is 46.6. The Bertz CT molecular complexity index is 804. The van der Waals surface area contributed by atoms with Crippen molar-refractivity contribution in [3.05, 3.63) is 46.7 Å². The summed E-state index contributed by atoms with van der Waals surface area (Å²) < 4.78 is 4.81. The van der Waals surface area contributed by atoms with Crippen LogP contribution < -0.4 is 16.0 Å². The van der Waals surface area contributed by atoms with Crippen molar-refractivity contribution in [2.45, 2.75) is 6.92 Å². The van der Waals surface area contributed by atoms with Gasteiger partial charge in [-0.05, 0) is 29.6 Å². The van der Waals surface area contributed by atoms with Crippen molar-refractivity contribution >= 4 is 46.4 Å². The van der Waals surface area contributed by atoms with Gasteiger partial charge in [-0.15, -0.1) is 11.3 Å². The van der Waals surface area contributed by atoms with Gasteiger partial charge in [-0.25, -0.2) is 0 Å². The molecule has 0 aliphatic carbocycles. The third-order valence-corrected chi connectivity index (χ3v) is 3.84. The zero-order chi connectivity index (χ0) is 18.9. The Hall–Kier alpha value is -3.20. The SMILES string of the molecule is CC(=O)Nc1cccc(NC(=O)COC(=O)CNC(=O)c2cccs2)c1. The van der Waals surface area contributed by atoms with Gasteiger partial charge < -0.3 is 20.7 Å². The largest absolute Gasteiger partial charge is 0.454 e. The van der Waals surface area contributed by atoms with Crippen molar-refractivity contribution in [2.75, 3.05) is 23.8 Å². The number of amides is 3. The van der Waals surface area contributed by atoms with Gasteiger partial charge in [0, 0.05) is 18.3 Å². The number of rotatable bonds is 7. The monoisotopic (exact) mass is 375 g/mol. The quantitative estimate of drug-likeness (QED) is 0.637. The molecular weight excluding hydrogens is 358 g/mol. The van der Waals surface area contributed by atoms with Crippen LogP contribution in [0, 0.1) is 0 Å². The van der Waals surface area contributed by atoms with E-state index in [0.29, 0.717) is 16.3 Å². The van der Waals surface area contributed by atoms with Gasteiger partial charge >= 0.3 is 5.97 Å². The summed E-state index contributed by atoms with van der Waals surface area (Å²) in [5.41, 5.74) is 0.979. The van der Waals surface area contributed by atoms with Crippen LogP contribution >= 0.6 is 11.3 Å². The summed E-state index contributed by atoms with van der Waals surface area (Å²) in [7, 11) is 0. The molecule has 2 aromatic rings. The molecule has 1 aromatic carbocycles. The van der Waals surface area contributed by atoms with Gasteiger partial charge in [0.25, 0.3) is 11.8 Å². The molecule has 0 aliphatic heterocycles. The van der Waals surface area contributed by atoms with E-state index in [0.717, 1.165) is 0 Å². The second-order valence-corrected chi connectivity index (χ2v) is 6.08. The molecule has 0 atom stereocenters. The Morgan fingerprint density at radius 1 is 1.04 bits per heavy atom. The lowest BCUT2D eigenvalue weighted by Gasteiger charge is -2.09. The van der Waals surface area contributed by atoms with E-state index in [-0.39, 0.29) is 18.4 Å². The molecule has 8 nitrogen and oxygen atoms in total. The predicted octanol–water partition coefficient (Wildman–Crippen LogP) is 1.62. The molecule has 0 saturated carbocycles. The van der Waals surface area contributed by atoms with Crippen molar-refractivity contribution < 1.29 is 23.9 Å². The molecule has 0 radical (unpaired) electrons. The molecule has 1 heterocycles. The van der Waals surface area contributed by atoms with Crippen molar-refractivity contribution in [2.24, 2.45) is 0 Å². The molecular formula is C17H17N3O5S. The Labute approximate surface area is 153 Å². The van der Waals surface area contributed by atoms with Gasteiger partial charge in [-0.2, -0.15) is 0 Å². The smallest absolute Gasteiger partial charge is 0.325 e. The van der Waals surface area contributed by atoms with E-state index in [1.807, 2.05) is 0 Å². The summed E-state index contributed by atoms with van der Waals surface area (Å²) in [6, 6.07) is 9.89. The predicted molar refractivity (Wildman–Crippen MR) is 97.0 cm³/mol. The standard InChI is InChI=1S/C17H17N3O5S/c1-11(21)19-12-4-2-5-13(8-12)20-15(22)10-25-16(23)9-18-17(24)14-6-3-7-26-14/h2-8H,9-10H2,1H3,(H,18,24)(H,19,21)(H,20,22). The Morgan fingerprint density at radius 3 is 2.42 bits per heavy atom. The summed E-state index contributed by atoms with van der Waals surface area (Å²) >= 11 is 1.25. The van der Waals surface area contributed by atoms with Crippen LogP contribution in [0.4, 0.5) is 11.4 Å². The minimum atomic E-state index is -0.725. The zero-order valence-electron chi connectivity index (χ0n) is 13.9. The van der Waals surface area contributed by atoms with Crippen LogP contribution in [-0.2, 0) is 19.1 Å².